The normalized spacial score (nSPS) is 9.74. The highest BCUT2D eigenvalue weighted by Gasteiger charge is 2.07. The lowest BCUT2D eigenvalue weighted by Gasteiger charge is -2.07. The van der Waals surface area contributed by atoms with Gasteiger partial charge in [0.05, 0.1) is 6.54 Å². The zero-order valence-corrected chi connectivity index (χ0v) is 10.3. The Bertz CT molecular complexity index is 613. The fourth-order valence-corrected chi connectivity index (χ4v) is 1.09. The van der Waals surface area contributed by atoms with Gasteiger partial charge < -0.3 is 10.1 Å². The average Bonchev–Trinajstić information content (AvgIpc) is 2.33. The maximum Gasteiger partial charge on any atom is 0.336 e. The average molecular weight is 267 g/mol. The predicted molar refractivity (Wildman–Crippen MR) is 65.9 cm³/mol. The first-order valence-electron chi connectivity index (χ1n) is 5.34. The van der Waals surface area contributed by atoms with E-state index in [0.717, 1.165) is 12.3 Å². The molecule has 0 saturated heterocycles. The fourth-order valence-electron chi connectivity index (χ4n) is 1.09. The van der Waals surface area contributed by atoms with E-state index >= 15 is 0 Å². The largest absolute Gasteiger partial charge is 0.460 e. The second-order valence-corrected chi connectivity index (χ2v) is 3.63. The Kier molecular flexibility index (Phi) is 4.81. The number of amides is 1. The third-order valence-corrected chi connectivity index (χ3v) is 2.00. The molecule has 19 heavy (non-hydrogen) atoms. The molecule has 0 bridgehead atoms. The van der Waals surface area contributed by atoms with Crippen LogP contribution in [-0.4, -0.2) is 34.7 Å². The Balaban J connectivity index is 2.48. The SMILES string of the molecule is C=C(C)C(=O)OCCNC(=O)n1ccc(=O)[nH]c1=O. The maximum atomic E-state index is 11.5. The lowest BCUT2D eigenvalue weighted by molar-refractivity contribution is -0.138. The van der Waals surface area contributed by atoms with E-state index in [-0.39, 0.29) is 18.7 Å². The van der Waals surface area contributed by atoms with E-state index < -0.39 is 23.2 Å². The van der Waals surface area contributed by atoms with Gasteiger partial charge in [-0.25, -0.2) is 19.0 Å². The van der Waals surface area contributed by atoms with Gasteiger partial charge in [-0.15, -0.1) is 0 Å². The first kappa shape index (κ1) is 14.4. The molecule has 0 saturated carbocycles. The molecule has 1 aromatic rings. The number of carbonyl (C=O) groups is 2. The van der Waals surface area contributed by atoms with Gasteiger partial charge in [0.2, 0.25) is 0 Å². The summed E-state index contributed by atoms with van der Waals surface area (Å²) in [7, 11) is 0. The van der Waals surface area contributed by atoms with Gasteiger partial charge in [0.1, 0.15) is 6.61 Å². The number of aromatic nitrogens is 2. The second-order valence-electron chi connectivity index (χ2n) is 3.63. The molecule has 8 nitrogen and oxygen atoms in total. The standard InChI is InChI=1S/C11H13N3O5/c1-7(2)9(16)19-6-4-12-10(17)14-5-3-8(15)13-11(14)18/h3,5H,1,4,6H2,2H3,(H,12,17)(H,13,15,18). The number of esters is 1. The summed E-state index contributed by atoms with van der Waals surface area (Å²) in [5.41, 5.74) is -1.18. The molecule has 0 spiro atoms. The molecule has 1 aromatic heterocycles. The molecular formula is C11H13N3O5. The minimum Gasteiger partial charge on any atom is -0.460 e. The molecule has 2 N–H and O–H groups in total. The highest BCUT2D eigenvalue weighted by Crippen LogP contribution is 1.90. The molecule has 1 rings (SSSR count). The van der Waals surface area contributed by atoms with Crippen LogP contribution in [0.4, 0.5) is 4.79 Å². The summed E-state index contributed by atoms with van der Waals surface area (Å²) in [6.45, 7) is 4.88. The highest BCUT2D eigenvalue weighted by atomic mass is 16.5. The van der Waals surface area contributed by atoms with Crippen LogP contribution in [0.25, 0.3) is 0 Å². The molecule has 102 valence electrons. The topological polar surface area (TPSA) is 110 Å². The van der Waals surface area contributed by atoms with Gasteiger partial charge in [0.15, 0.2) is 0 Å². The Morgan fingerprint density at radius 2 is 2.16 bits per heavy atom. The number of aromatic amines is 1. The molecule has 0 aliphatic carbocycles. The zero-order chi connectivity index (χ0) is 14.4. The zero-order valence-electron chi connectivity index (χ0n) is 10.3. The minimum absolute atomic E-state index is 0.0312. The minimum atomic E-state index is -0.844. The van der Waals surface area contributed by atoms with Crippen LogP contribution in [0.3, 0.4) is 0 Å². The van der Waals surface area contributed by atoms with Gasteiger partial charge in [0.25, 0.3) is 5.56 Å². The first-order valence-corrected chi connectivity index (χ1v) is 5.34. The molecule has 0 fully saturated rings. The van der Waals surface area contributed by atoms with E-state index in [4.69, 9.17) is 4.74 Å². The number of hydrogen-bond donors (Lipinski definition) is 2. The van der Waals surface area contributed by atoms with Crippen molar-refractivity contribution in [3.05, 3.63) is 45.3 Å². The summed E-state index contributed by atoms with van der Waals surface area (Å²) in [6, 6.07) is 0.315. The molecule has 0 atom stereocenters. The maximum absolute atomic E-state index is 11.5. The number of H-pyrrole nitrogens is 1. The van der Waals surface area contributed by atoms with Gasteiger partial charge in [0, 0.05) is 17.8 Å². The summed E-state index contributed by atoms with van der Waals surface area (Å²) in [4.78, 5) is 46.5. The Labute approximate surface area is 107 Å². The van der Waals surface area contributed by atoms with Crippen LogP contribution in [0, 0.1) is 0 Å². The quantitative estimate of drug-likeness (QED) is 0.422. The monoisotopic (exact) mass is 267 g/mol. The molecule has 0 radical (unpaired) electrons. The second kappa shape index (κ2) is 6.34. The molecule has 1 amide bonds. The van der Waals surface area contributed by atoms with Crippen LogP contribution in [0.15, 0.2) is 34.0 Å². The summed E-state index contributed by atoms with van der Waals surface area (Å²) in [5.74, 6) is -0.560. The molecule has 0 unspecified atom stereocenters. The van der Waals surface area contributed by atoms with Crippen LogP contribution >= 0.6 is 0 Å². The van der Waals surface area contributed by atoms with Crippen LogP contribution in [-0.2, 0) is 9.53 Å². The molecule has 0 aliphatic rings. The van der Waals surface area contributed by atoms with Crippen molar-refractivity contribution in [1.29, 1.82) is 0 Å². The van der Waals surface area contributed by atoms with E-state index in [1.54, 1.807) is 0 Å². The van der Waals surface area contributed by atoms with E-state index in [9.17, 15) is 19.2 Å². The molecular weight excluding hydrogens is 254 g/mol. The van der Waals surface area contributed by atoms with E-state index in [0.29, 0.717) is 4.57 Å². The van der Waals surface area contributed by atoms with E-state index in [1.165, 1.54) is 6.92 Å². The summed E-state index contributed by atoms with van der Waals surface area (Å²) >= 11 is 0. The van der Waals surface area contributed by atoms with Crippen molar-refractivity contribution in [1.82, 2.24) is 14.9 Å². The van der Waals surface area contributed by atoms with Gasteiger partial charge in [-0.1, -0.05) is 6.58 Å². The van der Waals surface area contributed by atoms with Crippen molar-refractivity contribution in [2.45, 2.75) is 6.92 Å². The van der Waals surface area contributed by atoms with Crippen molar-refractivity contribution in [2.24, 2.45) is 0 Å². The predicted octanol–water partition coefficient (Wildman–Crippen LogP) is -0.786. The fraction of sp³-hybridized carbons (Fsp3) is 0.273. The third-order valence-electron chi connectivity index (χ3n) is 2.00. The lowest BCUT2D eigenvalue weighted by Crippen LogP contribution is -2.40. The van der Waals surface area contributed by atoms with Gasteiger partial charge in [-0.2, -0.15) is 0 Å². The van der Waals surface area contributed by atoms with Gasteiger partial charge >= 0.3 is 17.7 Å². The number of hydrogen-bond acceptors (Lipinski definition) is 5. The van der Waals surface area contributed by atoms with Crippen LogP contribution in [0.5, 0.6) is 0 Å². The highest BCUT2D eigenvalue weighted by molar-refractivity contribution is 5.86. The Morgan fingerprint density at radius 3 is 2.74 bits per heavy atom. The lowest BCUT2D eigenvalue weighted by atomic mass is 10.4. The van der Waals surface area contributed by atoms with E-state index in [1.807, 2.05) is 4.98 Å². The molecule has 8 heteroatoms. The van der Waals surface area contributed by atoms with Crippen LogP contribution in [0.2, 0.25) is 0 Å². The Hall–Kier alpha value is -2.64. The number of rotatable bonds is 4. The number of carbonyl (C=O) groups excluding carboxylic acids is 2. The number of nitrogens with one attached hydrogen (secondary N) is 2. The summed E-state index contributed by atoms with van der Waals surface area (Å²) in [5, 5.41) is 2.35. The summed E-state index contributed by atoms with van der Waals surface area (Å²) in [6.07, 6.45) is 1.05. The third kappa shape index (κ3) is 4.26. The number of nitrogens with zero attached hydrogens (tertiary/aromatic N) is 1. The first-order chi connectivity index (χ1) is 8.91. The van der Waals surface area contributed by atoms with Crippen molar-refractivity contribution in [3.63, 3.8) is 0 Å². The van der Waals surface area contributed by atoms with Crippen LogP contribution in [0.1, 0.15) is 6.92 Å². The molecule has 0 aromatic carbocycles. The van der Waals surface area contributed by atoms with Crippen LogP contribution < -0.4 is 16.6 Å². The Morgan fingerprint density at radius 1 is 1.47 bits per heavy atom. The van der Waals surface area contributed by atoms with Crippen molar-refractivity contribution >= 4 is 12.0 Å². The van der Waals surface area contributed by atoms with Gasteiger partial charge in [-0.3, -0.25) is 9.78 Å². The van der Waals surface area contributed by atoms with Crippen molar-refractivity contribution < 1.29 is 14.3 Å². The van der Waals surface area contributed by atoms with Gasteiger partial charge in [-0.05, 0) is 6.92 Å². The molecule has 0 aliphatic heterocycles. The summed E-state index contributed by atoms with van der Waals surface area (Å²) < 4.78 is 5.44. The molecule has 1 heterocycles. The van der Waals surface area contributed by atoms with Crippen molar-refractivity contribution in [3.8, 4) is 0 Å². The van der Waals surface area contributed by atoms with E-state index in [2.05, 4.69) is 11.9 Å². The number of ether oxygens (including phenoxy) is 1. The smallest absolute Gasteiger partial charge is 0.336 e. The van der Waals surface area contributed by atoms with Crippen molar-refractivity contribution in [2.75, 3.05) is 13.2 Å².